The Kier molecular flexibility index (Phi) is 13.3. The number of primary amides is 1. The number of carbonyl (C=O) groups excluding carboxylic acids is 3. The minimum Gasteiger partial charge on any atom is -0.506 e. The molecular weight excluding hydrogens is 821 g/mol. The third-order valence-corrected chi connectivity index (χ3v) is 11.4. The summed E-state index contributed by atoms with van der Waals surface area (Å²) >= 11 is 0. The maximum Gasteiger partial charge on any atom is 0.262 e. The number of hydrogen-bond donors (Lipinski definition) is 7. The number of aromatic nitrogens is 1. The normalized spacial score (nSPS) is 12.4. The zero-order chi connectivity index (χ0) is 45.5. The Morgan fingerprint density at radius 2 is 1.68 bits per heavy atom. The summed E-state index contributed by atoms with van der Waals surface area (Å²) in [5.41, 5.74) is 16.1. The van der Waals surface area contributed by atoms with Crippen molar-refractivity contribution in [1.29, 1.82) is 0 Å². The van der Waals surface area contributed by atoms with Crippen LogP contribution in [0.2, 0.25) is 0 Å². The van der Waals surface area contributed by atoms with Crippen molar-refractivity contribution in [3.8, 4) is 28.4 Å². The Labute approximate surface area is 376 Å². The average Bonchev–Trinajstić information content (AvgIpc) is 3.31. The van der Waals surface area contributed by atoms with Gasteiger partial charge in [0.25, 0.3) is 17.7 Å². The highest BCUT2D eigenvalue weighted by Crippen LogP contribution is 2.41. The van der Waals surface area contributed by atoms with Crippen LogP contribution in [-0.4, -0.2) is 59.7 Å². The number of aryl methyl sites for hydroxylation is 2. The molecule has 0 spiro atoms. The molecule has 6 aromatic carbocycles. The predicted octanol–water partition coefficient (Wildman–Crippen LogP) is 8.59. The summed E-state index contributed by atoms with van der Waals surface area (Å²) in [4.78, 5) is 42.5. The van der Waals surface area contributed by atoms with Gasteiger partial charge in [0.1, 0.15) is 17.2 Å². The molecule has 0 fully saturated rings. The summed E-state index contributed by atoms with van der Waals surface area (Å²) in [5, 5.41) is 34.0. The zero-order valence-electron chi connectivity index (χ0n) is 36.1. The highest BCUT2D eigenvalue weighted by atomic mass is 16.5. The number of methoxy groups -OCH3 is 1. The molecule has 8 rings (SSSR count). The van der Waals surface area contributed by atoms with Gasteiger partial charge in [0.15, 0.2) is 12.4 Å². The number of amides is 3. The van der Waals surface area contributed by atoms with Gasteiger partial charge in [0.05, 0.1) is 30.0 Å². The van der Waals surface area contributed by atoms with Crippen molar-refractivity contribution in [2.75, 3.05) is 42.8 Å². The SMILES string of the molecule is COc1cccc(Nc2c(C(N)=O)cnc3c(C)cc(Cc4cccc(C(=O)Nc5cccc(-c6ccc(CCCCNC[C@H](O)c7ccc(O)c8c7OCC(=O)N8)cc6)c5)c4)cc23)c1. The average molecular weight is 871 g/mol. The van der Waals surface area contributed by atoms with Crippen molar-refractivity contribution in [3.05, 3.63) is 166 Å². The van der Waals surface area contributed by atoms with Gasteiger partial charge in [0.2, 0.25) is 0 Å². The minimum absolute atomic E-state index is 0.107. The summed E-state index contributed by atoms with van der Waals surface area (Å²) in [6.07, 6.45) is 3.93. The summed E-state index contributed by atoms with van der Waals surface area (Å²) in [7, 11) is 1.60. The number of aliphatic hydroxyl groups excluding tert-OH is 1. The number of anilines is 4. The lowest BCUT2D eigenvalue weighted by atomic mass is 9.97. The topological polar surface area (TPSA) is 197 Å². The molecule has 2 heterocycles. The summed E-state index contributed by atoms with van der Waals surface area (Å²) in [5.74, 6) is -0.316. The molecule has 0 aliphatic carbocycles. The molecule has 1 aliphatic heterocycles. The number of rotatable bonds is 17. The molecule has 0 bridgehead atoms. The van der Waals surface area contributed by atoms with E-state index in [2.05, 4.69) is 56.6 Å². The number of carbonyl (C=O) groups is 3. The van der Waals surface area contributed by atoms with Crippen molar-refractivity contribution in [2.45, 2.75) is 38.7 Å². The van der Waals surface area contributed by atoms with Crippen molar-refractivity contribution in [1.82, 2.24) is 10.3 Å². The van der Waals surface area contributed by atoms with Crippen LogP contribution in [0.5, 0.6) is 17.2 Å². The van der Waals surface area contributed by atoms with E-state index < -0.39 is 12.0 Å². The first-order chi connectivity index (χ1) is 31.5. The molecule has 7 aromatic rings. The molecule has 0 radical (unpaired) electrons. The second kappa shape index (κ2) is 19.8. The third-order valence-electron chi connectivity index (χ3n) is 11.4. The van der Waals surface area contributed by atoms with Crippen LogP contribution in [0, 0.1) is 6.92 Å². The minimum atomic E-state index is -0.868. The van der Waals surface area contributed by atoms with Gasteiger partial charge in [0, 0.05) is 46.7 Å². The number of nitrogens with one attached hydrogen (secondary N) is 4. The van der Waals surface area contributed by atoms with E-state index in [9.17, 15) is 24.6 Å². The molecule has 1 aliphatic rings. The van der Waals surface area contributed by atoms with Crippen LogP contribution in [0.25, 0.3) is 22.0 Å². The lowest BCUT2D eigenvalue weighted by Crippen LogP contribution is -2.28. The molecule has 65 heavy (non-hydrogen) atoms. The molecule has 1 atom stereocenters. The highest BCUT2D eigenvalue weighted by molar-refractivity contribution is 6.08. The number of unbranched alkanes of at least 4 members (excludes halogenated alkanes) is 1. The number of aromatic hydroxyl groups is 1. The molecule has 13 heteroatoms. The standard InChI is InChI=1S/C52H50N6O7/c1-31-22-34(25-42-47(31)55-28-43(51(53)62)48(42)56-39-13-7-14-40(27-39)64-2)23-33-9-5-11-37(24-33)52(63)57-38-12-6-10-36(26-38)35-17-15-32(16-18-35)8-3-4-21-54-29-45(60)41-19-20-44(59)49-50(41)65-30-46(61)58-49/h5-7,9-20,22,24-28,45,54,59-60H,3-4,8,21,23,29-30H2,1-2H3,(H2,53,62)(H,55,56)(H,57,63)(H,58,61)/t45-/m0/s1. The summed E-state index contributed by atoms with van der Waals surface area (Å²) < 4.78 is 10.9. The lowest BCUT2D eigenvalue weighted by molar-refractivity contribution is -0.118. The third kappa shape index (κ3) is 10.4. The van der Waals surface area contributed by atoms with E-state index in [4.69, 9.17) is 15.2 Å². The second-order valence-corrected chi connectivity index (χ2v) is 16.1. The van der Waals surface area contributed by atoms with E-state index in [0.29, 0.717) is 53.5 Å². The van der Waals surface area contributed by atoms with E-state index >= 15 is 0 Å². The maximum absolute atomic E-state index is 13.6. The smallest absolute Gasteiger partial charge is 0.262 e. The van der Waals surface area contributed by atoms with Gasteiger partial charge >= 0.3 is 0 Å². The van der Waals surface area contributed by atoms with Gasteiger partial charge < -0.3 is 46.7 Å². The largest absolute Gasteiger partial charge is 0.506 e. The first-order valence-electron chi connectivity index (χ1n) is 21.4. The molecule has 0 saturated heterocycles. The first-order valence-corrected chi connectivity index (χ1v) is 21.4. The molecule has 0 unspecified atom stereocenters. The number of phenolic OH excluding ortho intramolecular Hbond substituents is 1. The van der Waals surface area contributed by atoms with Gasteiger partial charge in [-0.3, -0.25) is 19.4 Å². The number of aliphatic hydroxyl groups is 1. The number of nitrogens with two attached hydrogens (primary N) is 1. The van der Waals surface area contributed by atoms with Gasteiger partial charge in [-0.05, 0) is 127 Å². The van der Waals surface area contributed by atoms with E-state index in [0.717, 1.165) is 63.7 Å². The summed E-state index contributed by atoms with van der Waals surface area (Å²) in [6, 6.07) is 38.3. The number of ether oxygens (including phenoxy) is 2. The molecule has 1 aromatic heterocycles. The number of phenols is 1. The molecule has 330 valence electrons. The van der Waals surface area contributed by atoms with Crippen LogP contribution in [0.3, 0.4) is 0 Å². The fourth-order valence-corrected chi connectivity index (χ4v) is 8.09. The van der Waals surface area contributed by atoms with E-state index in [1.165, 1.54) is 17.8 Å². The van der Waals surface area contributed by atoms with Crippen molar-refractivity contribution in [3.63, 3.8) is 0 Å². The molecule has 0 saturated carbocycles. The Morgan fingerprint density at radius 1 is 0.877 bits per heavy atom. The number of nitrogens with zero attached hydrogens (tertiary/aromatic N) is 1. The maximum atomic E-state index is 13.6. The Hall–Kier alpha value is -7.74. The second-order valence-electron chi connectivity index (χ2n) is 16.1. The molecular formula is C52H50N6O7. The first kappa shape index (κ1) is 43.9. The van der Waals surface area contributed by atoms with Crippen molar-refractivity contribution in [2.24, 2.45) is 5.73 Å². The number of hydrogen-bond acceptors (Lipinski definition) is 10. The van der Waals surface area contributed by atoms with Crippen molar-refractivity contribution >= 4 is 51.4 Å². The number of benzene rings is 6. The van der Waals surface area contributed by atoms with Gasteiger partial charge in [-0.1, -0.05) is 60.7 Å². The van der Waals surface area contributed by atoms with Crippen LogP contribution in [0.1, 0.15) is 67.5 Å². The number of pyridine rings is 1. The van der Waals surface area contributed by atoms with Crippen LogP contribution in [0.15, 0.2) is 128 Å². The van der Waals surface area contributed by atoms with E-state index in [1.54, 1.807) is 19.2 Å². The fourth-order valence-electron chi connectivity index (χ4n) is 8.09. The number of fused-ring (bicyclic) bond motifs is 2. The fraction of sp³-hybridized carbons (Fsp3) is 0.192. The van der Waals surface area contributed by atoms with Gasteiger partial charge in [-0.25, -0.2) is 0 Å². The van der Waals surface area contributed by atoms with Gasteiger partial charge in [-0.15, -0.1) is 0 Å². The summed E-state index contributed by atoms with van der Waals surface area (Å²) in [6.45, 7) is 2.83. The van der Waals surface area contributed by atoms with Crippen LogP contribution in [0.4, 0.5) is 22.7 Å². The Balaban J connectivity index is 0.859. The highest BCUT2D eigenvalue weighted by Gasteiger charge is 2.25. The van der Waals surface area contributed by atoms with E-state index in [1.807, 2.05) is 79.7 Å². The van der Waals surface area contributed by atoms with Gasteiger partial charge in [-0.2, -0.15) is 0 Å². The molecule has 8 N–H and O–H groups in total. The van der Waals surface area contributed by atoms with Crippen LogP contribution in [-0.2, 0) is 17.6 Å². The van der Waals surface area contributed by atoms with Crippen LogP contribution >= 0.6 is 0 Å². The Bertz CT molecular complexity index is 2900. The van der Waals surface area contributed by atoms with Crippen LogP contribution < -0.4 is 36.5 Å². The monoisotopic (exact) mass is 870 g/mol. The molecule has 3 amide bonds. The zero-order valence-corrected chi connectivity index (χ0v) is 36.1. The predicted molar refractivity (Wildman–Crippen MR) is 253 cm³/mol. The quantitative estimate of drug-likeness (QED) is 0.0344. The van der Waals surface area contributed by atoms with Crippen molar-refractivity contribution < 1.29 is 34.1 Å². The molecule has 13 nitrogen and oxygen atoms in total. The lowest BCUT2D eigenvalue weighted by Gasteiger charge is -2.23. The van der Waals surface area contributed by atoms with E-state index in [-0.39, 0.29) is 35.4 Å². The Morgan fingerprint density at radius 3 is 2.49 bits per heavy atom.